The number of benzene rings is 2. The van der Waals surface area contributed by atoms with Crippen molar-refractivity contribution in [3.8, 4) is 5.75 Å². The van der Waals surface area contributed by atoms with Gasteiger partial charge in [-0.2, -0.15) is 0 Å². The first-order chi connectivity index (χ1) is 9.97. The lowest BCUT2D eigenvalue weighted by Gasteiger charge is -2.17. The summed E-state index contributed by atoms with van der Waals surface area (Å²) in [5.41, 5.74) is 8.12. The van der Waals surface area contributed by atoms with Crippen molar-refractivity contribution in [3.05, 3.63) is 53.6 Å². The third kappa shape index (κ3) is 3.66. The number of phenolic OH excluding ortho intramolecular Hbond substituents is 1. The monoisotopic (exact) mass is 286 g/mol. The fourth-order valence-electron chi connectivity index (χ4n) is 1.98. The average Bonchev–Trinajstić information content (AvgIpc) is 2.44. The van der Waals surface area contributed by atoms with Gasteiger partial charge in [-0.1, -0.05) is 12.1 Å². The van der Waals surface area contributed by atoms with Gasteiger partial charge in [0.2, 0.25) is 0 Å². The van der Waals surface area contributed by atoms with Gasteiger partial charge in [-0.25, -0.2) is 4.79 Å². The second-order valence-corrected chi connectivity index (χ2v) is 4.92. The van der Waals surface area contributed by atoms with E-state index >= 15 is 0 Å². The second kappa shape index (κ2) is 6.17. The van der Waals surface area contributed by atoms with Crippen LogP contribution in [-0.4, -0.2) is 25.2 Å². The van der Waals surface area contributed by atoms with Crippen LogP contribution >= 0.6 is 0 Å². The predicted octanol–water partition coefficient (Wildman–Crippen LogP) is 2.40. The molecule has 3 N–H and O–H groups in total. The fourth-order valence-corrected chi connectivity index (χ4v) is 1.98. The SMILES string of the molecule is CN(C)c1ccc(N)cc1C(=O)OCc1cccc(O)c1. The van der Waals surface area contributed by atoms with Crippen LogP contribution in [0.1, 0.15) is 15.9 Å². The largest absolute Gasteiger partial charge is 0.508 e. The molecule has 5 nitrogen and oxygen atoms in total. The zero-order valence-electron chi connectivity index (χ0n) is 12.0. The van der Waals surface area contributed by atoms with E-state index in [4.69, 9.17) is 10.5 Å². The fraction of sp³-hybridized carbons (Fsp3) is 0.188. The van der Waals surface area contributed by atoms with Crippen molar-refractivity contribution in [1.29, 1.82) is 0 Å². The highest BCUT2D eigenvalue weighted by atomic mass is 16.5. The molecule has 0 aromatic heterocycles. The minimum absolute atomic E-state index is 0.0922. The van der Waals surface area contributed by atoms with E-state index in [0.717, 1.165) is 11.3 Å². The Labute approximate surface area is 123 Å². The molecule has 0 heterocycles. The standard InChI is InChI=1S/C16H18N2O3/c1-18(2)15-7-6-12(17)9-14(15)16(20)21-10-11-4-3-5-13(19)8-11/h3-9,19H,10,17H2,1-2H3. The van der Waals surface area contributed by atoms with Crippen molar-refractivity contribution < 1.29 is 14.6 Å². The Balaban J connectivity index is 2.15. The van der Waals surface area contributed by atoms with Gasteiger partial charge in [-0.15, -0.1) is 0 Å². The summed E-state index contributed by atoms with van der Waals surface area (Å²) in [5, 5.41) is 9.38. The number of nitrogens with zero attached hydrogens (tertiary/aromatic N) is 1. The molecule has 21 heavy (non-hydrogen) atoms. The smallest absolute Gasteiger partial charge is 0.340 e. The van der Waals surface area contributed by atoms with Gasteiger partial charge >= 0.3 is 5.97 Å². The number of ether oxygens (including phenoxy) is 1. The number of anilines is 2. The van der Waals surface area contributed by atoms with Crippen LogP contribution in [0.4, 0.5) is 11.4 Å². The van der Waals surface area contributed by atoms with E-state index in [-0.39, 0.29) is 12.4 Å². The molecule has 5 heteroatoms. The van der Waals surface area contributed by atoms with Crippen LogP contribution in [0.25, 0.3) is 0 Å². The molecule has 0 radical (unpaired) electrons. The van der Waals surface area contributed by atoms with Crippen LogP contribution in [0.2, 0.25) is 0 Å². The van der Waals surface area contributed by atoms with E-state index in [1.54, 1.807) is 42.5 Å². The van der Waals surface area contributed by atoms with E-state index in [9.17, 15) is 9.90 Å². The highest BCUT2D eigenvalue weighted by Gasteiger charge is 2.15. The molecule has 0 fully saturated rings. The van der Waals surface area contributed by atoms with Gasteiger partial charge in [-0.05, 0) is 35.9 Å². The lowest BCUT2D eigenvalue weighted by molar-refractivity contribution is 0.0473. The topological polar surface area (TPSA) is 75.8 Å². The summed E-state index contributed by atoms with van der Waals surface area (Å²) in [6, 6.07) is 11.7. The summed E-state index contributed by atoms with van der Waals surface area (Å²) < 4.78 is 5.28. The number of hydrogen-bond donors (Lipinski definition) is 2. The number of carbonyl (C=O) groups excluding carboxylic acids is 1. The number of nitrogens with two attached hydrogens (primary N) is 1. The second-order valence-electron chi connectivity index (χ2n) is 4.92. The van der Waals surface area contributed by atoms with Gasteiger partial charge in [0.05, 0.1) is 11.3 Å². The van der Waals surface area contributed by atoms with Crippen molar-refractivity contribution in [2.24, 2.45) is 0 Å². The molecule has 0 atom stereocenters. The van der Waals surface area contributed by atoms with Crippen molar-refractivity contribution in [3.63, 3.8) is 0 Å². The van der Waals surface area contributed by atoms with E-state index < -0.39 is 5.97 Å². The van der Waals surface area contributed by atoms with Crippen LogP contribution in [0.3, 0.4) is 0 Å². The molecule has 2 rings (SSSR count). The third-order valence-corrected chi connectivity index (χ3v) is 3.00. The summed E-state index contributed by atoms with van der Waals surface area (Å²) in [5.74, 6) is -0.309. The lowest BCUT2D eigenvalue weighted by Crippen LogP contribution is -2.15. The molecule has 0 unspecified atom stereocenters. The van der Waals surface area contributed by atoms with E-state index in [1.165, 1.54) is 0 Å². The Morgan fingerprint density at radius 3 is 2.67 bits per heavy atom. The Morgan fingerprint density at radius 1 is 1.24 bits per heavy atom. The summed E-state index contributed by atoms with van der Waals surface area (Å²) in [7, 11) is 3.69. The van der Waals surface area contributed by atoms with Gasteiger partial charge in [-0.3, -0.25) is 0 Å². The highest BCUT2D eigenvalue weighted by molar-refractivity contribution is 5.96. The quantitative estimate of drug-likeness (QED) is 0.666. The van der Waals surface area contributed by atoms with Crippen molar-refractivity contribution >= 4 is 17.3 Å². The lowest BCUT2D eigenvalue weighted by atomic mass is 10.1. The van der Waals surface area contributed by atoms with Gasteiger partial charge in [0.1, 0.15) is 12.4 Å². The molecule has 2 aromatic rings. The van der Waals surface area contributed by atoms with Crippen LogP contribution in [-0.2, 0) is 11.3 Å². The predicted molar refractivity (Wildman–Crippen MR) is 82.4 cm³/mol. The van der Waals surface area contributed by atoms with E-state index in [0.29, 0.717) is 11.3 Å². The molecule has 0 bridgehead atoms. The van der Waals surface area contributed by atoms with E-state index in [2.05, 4.69) is 0 Å². The summed E-state index contributed by atoms with van der Waals surface area (Å²) in [4.78, 5) is 14.0. The minimum Gasteiger partial charge on any atom is -0.508 e. The van der Waals surface area contributed by atoms with E-state index in [1.807, 2.05) is 19.0 Å². The van der Waals surface area contributed by atoms with Crippen molar-refractivity contribution in [2.45, 2.75) is 6.61 Å². The molecular weight excluding hydrogens is 268 g/mol. The van der Waals surface area contributed by atoms with Crippen LogP contribution in [0.15, 0.2) is 42.5 Å². The molecule has 2 aromatic carbocycles. The molecule has 0 aliphatic rings. The van der Waals surface area contributed by atoms with Crippen molar-refractivity contribution in [1.82, 2.24) is 0 Å². The van der Waals surface area contributed by atoms with Gasteiger partial charge in [0.25, 0.3) is 0 Å². The molecule has 0 saturated heterocycles. The van der Waals surface area contributed by atoms with Crippen molar-refractivity contribution in [2.75, 3.05) is 24.7 Å². The maximum atomic E-state index is 12.2. The number of rotatable bonds is 4. The Hall–Kier alpha value is -2.69. The zero-order valence-corrected chi connectivity index (χ0v) is 12.0. The van der Waals surface area contributed by atoms with Crippen LogP contribution in [0.5, 0.6) is 5.75 Å². The summed E-state index contributed by atoms with van der Waals surface area (Å²) >= 11 is 0. The van der Waals surface area contributed by atoms with Gasteiger partial charge < -0.3 is 20.5 Å². The maximum Gasteiger partial charge on any atom is 0.340 e. The van der Waals surface area contributed by atoms with Crippen LogP contribution < -0.4 is 10.6 Å². The molecule has 0 spiro atoms. The summed E-state index contributed by atoms with van der Waals surface area (Å²) in [6.07, 6.45) is 0. The maximum absolute atomic E-state index is 12.2. The molecule has 0 aliphatic carbocycles. The van der Waals surface area contributed by atoms with Crippen LogP contribution in [0, 0.1) is 0 Å². The normalized spacial score (nSPS) is 10.2. The molecule has 0 saturated carbocycles. The van der Waals surface area contributed by atoms with Gasteiger partial charge in [0, 0.05) is 19.8 Å². The molecule has 110 valence electrons. The minimum atomic E-state index is -0.450. The molecular formula is C16H18N2O3. The number of nitrogen functional groups attached to an aromatic ring is 1. The zero-order chi connectivity index (χ0) is 15.4. The molecule has 0 amide bonds. The first-order valence-electron chi connectivity index (χ1n) is 6.49. The number of esters is 1. The number of carbonyl (C=O) groups is 1. The average molecular weight is 286 g/mol. The Bertz CT molecular complexity index is 654. The number of phenols is 1. The number of hydrogen-bond acceptors (Lipinski definition) is 5. The summed E-state index contributed by atoms with van der Waals surface area (Å²) in [6.45, 7) is 0.0922. The van der Waals surface area contributed by atoms with Gasteiger partial charge in [0.15, 0.2) is 0 Å². The first-order valence-corrected chi connectivity index (χ1v) is 6.49. The third-order valence-electron chi connectivity index (χ3n) is 3.00. The number of aromatic hydroxyl groups is 1. The Morgan fingerprint density at radius 2 is 2.00 bits per heavy atom. The molecule has 0 aliphatic heterocycles. The first kappa shape index (κ1) is 14.7. The Kier molecular flexibility index (Phi) is 4.33. The highest BCUT2D eigenvalue weighted by Crippen LogP contribution is 2.23.